The smallest absolute Gasteiger partial charge is 0.287 e. The zero-order valence-corrected chi connectivity index (χ0v) is 15.2. The van der Waals surface area contributed by atoms with Gasteiger partial charge >= 0.3 is 0 Å². The summed E-state index contributed by atoms with van der Waals surface area (Å²) < 4.78 is 43.1. The molecule has 0 unspecified atom stereocenters. The second-order valence-corrected chi connectivity index (χ2v) is 7.97. The van der Waals surface area contributed by atoms with E-state index in [2.05, 4.69) is 5.32 Å². The van der Waals surface area contributed by atoms with Gasteiger partial charge in [0.05, 0.1) is 16.9 Å². The van der Waals surface area contributed by atoms with Gasteiger partial charge in [-0.3, -0.25) is 4.79 Å². The molecule has 0 radical (unpaired) electrons. The van der Waals surface area contributed by atoms with Crippen molar-refractivity contribution in [2.75, 3.05) is 6.54 Å². The molecule has 0 saturated heterocycles. The molecule has 1 N–H and O–H groups in total. The quantitative estimate of drug-likeness (QED) is 0.674. The molecule has 3 aromatic rings. The summed E-state index contributed by atoms with van der Waals surface area (Å²) in [5.74, 6) is -1.15. The first-order valence-electron chi connectivity index (χ1n) is 8.32. The van der Waals surface area contributed by atoms with Gasteiger partial charge in [-0.2, -0.15) is 0 Å². The van der Waals surface area contributed by atoms with E-state index in [-0.39, 0.29) is 22.2 Å². The first kappa shape index (κ1) is 18.8. The van der Waals surface area contributed by atoms with E-state index < -0.39 is 15.7 Å². The second kappa shape index (κ2) is 8.18. The van der Waals surface area contributed by atoms with Crippen LogP contribution in [0.2, 0.25) is 0 Å². The molecule has 1 heterocycles. The number of rotatable bonds is 7. The zero-order chi connectivity index (χ0) is 19.3. The second-order valence-electron chi connectivity index (χ2n) is 5.98. The summed E-state index contributed by atoms with van der Waals surface area (Å²) in [7, 11) is -3.58. The molecule has 0 aliphatic heterocycles. The summed E-state index contributed by atoms with van der Waals surface area (Å²) in [6.45, 7) is 0.316. The van der Waals surface area contributed by atoms with Crippen LogP contribution in [0.1, 0.15) is 21.7 Å². The Morgan fingerprint density at radius 1 is 1.00 bits per heavy atom. The summed E-state index contributed by atoms with van der Waals surface area (Å²) in [5.41, 5.74) is 1.18. The van der Waals surface area contributed by atoms with Crippen LogP contribution in [0.3, 0.4) is 0 Å². The Morgan fingerprint density at radius 2 is 1.70 bits per heavy atom. The Balaban J connectivity index is 1.64. The molecule has 1 amide bonds. The number of nitrogens with one attached hydrogen (secondary N) is 1. The monoisotopic (exact) mass is 387 g/mol. The predicted molar refractivity (Wildman–Crippen MR) is 98.5 cm³/mol. The zero-order valence-electron chi connectivity index (χ0n) is 14.4. The van der Waals surface area contributed by atoms with E-state index in [1.165, 1.54) is 36.6 Å². The highest BCUT2D eigenvalue weighted by Gasteiger charge is 2.22. The molecule has 0 bridgehead atoms. The molecule has 27 heavy (non-hydrogen) atoms. The Bertz CT molecular complexity index is 1010. The van der Waals surface area contributed by atoms with E-state index in [0.29, 0.717) is 18.5 Å². The Kier molecular flexibility index (Phi) is 5.71. The van der Waals surface area contributed by atoms with Crippen molar-refractivity contribution in [3.63, 3.8) is 0 Å². The number of amides is 1. The fraction of sp³-hybridized carbons (Fsp3) is 0.150. The van der Waals surface area contributed by atoms with Gasteiger partial charge in [0.1, 0.15) is 5.82 Å². The van der Waals surface area contributed by atoms with Crippen LogP contribution >= 0.6 is 0 Å². The van der Waals surface area contributed by atoms with E-state index in [4.69, 9.17) is 4.42 Å². The summed E-state index contributed by atoms with van der Waals surface area (Å²) in [6.07, 6.45) is 1.81. The number of furan rings is 1. The third-order valence-electron chi connectivity index (χ3n) is 4.01. The van der Waals surface area contributed by atoms with Crippen LogP contribution in [0.4, 0.5) is 4.39 Å². The lowest BCUT2D eigenvalue weighted by Gasteiger charge is -2.07. The van der Waals surface area contributed by atoms with Crippen molar-refractivity contribution in [3.8, 4) is 0 Å². The van der Waals surface area contributed by atoms with E-state index in [1.54, 1.807) is 30.3 Å². The van der Waals surface area contributed by atoms with Gasteiger partial charge in [0.15, 0.2) is 15.6 Å². The molecule has 2 aromatic carbocycles. The average molecular weight is 387 g/mol. The molecule has 5 nitrogen and oxygen atoms in total. The van der Waals surface area contributed by atoms with E-state index in [9.17, 15) is 17.6 Å². The van der Waals surface area contributed by atoms with Gasteiger partial charge in [0, 0.05) is 12.1 Å². The lowest BCUT2D eigenvalue weighted by atomic mass is 10.1. The fourth-order valence-corrected chi connectivity index (χ4v) is 3.99. The maximum absolute atomic E-state index is 12.9. The van der Waals surface area contributed by atoms with Gasteiger partial charge < -0.3 is 9.73 Å². The topological polar surface area (TPSA) is 76.4 Å². The number of carbonyl (C=O) groups is 1. The van der Waals surface area contributed by atoms with Gasteiger partial charge in [-0.1, -0.05) is 30.3 Å². The molecule has 0 spiro atoms. The molecule has 0 atom stereocenters. The van der Waals surface area contributed by atoms with Gasteiger partial charge in [-0.25, -0.2) is 12.8 Å². The molecule has 0 aliphatic rings. The summed E-state index contributed by atoms with van der Waals surface area (Å²) >= 11 is 0. The molecule has 3 rings (SSSR count). The molecule has 0 aliphatic carbocycles. The van der Waals surface area contributed by atoms with Gasteiger partial charge in [0.25, 0.3) is 5.91 Å². The van der Waals surface area contributed by atoms with Crippen LogP contribution in [0.25, 0.3) is 0 Å². The lowest BCUT2D eigenvalue weighted by Crippen LogP contribution is -2.26. The van der Waals surface area contributed by atoms with Crippen molar-refractivity contribution in [1.29, 1.82) is 0 Å². The van der Waals surface area contributed by atoms with E-state index >= 15 is 0 Å². The minimum atomic E-state index is -3.58. The van der Waals surface area contributed by atoms with Crippen molar-refractivity contribution in [3.05, 3.63) is 89.6 Å². The van der Waals surface area contributed by atoms with Crippen LogP contribution in [0.5, 0.6) is 0 Å². The van der Waals surface area contributed by atoms with Crippen LogP contribution < -0.4 is 5.32 Å². The Morgan fingerprint density at radius 3 is 2.41 bits per heavy atom. The minimum absolute atomic E-state index is 0.0198. The van der Waals surface area contributed by atoms with Crippen LogP contribution in [-0.4, -0.2) is 20.9 Å². The third kappa shape index (κ3) is 4.83. The highest BCUT2D eigenvalue weighted by Crippen LogP contribution is 2.19. The molecule has 140 valence electrons. The van der Waals surface area contributed by atoms with Crippen molar-refractivity contribution < 1.29 is 22.0 Å². The lowest BCUT2D eigenvalue weighted by molar-refractivity contribution is 0.0925. The SMILES string of the molecule is O=C(NCCc1ccc(F)cc1)c1occc1CS(=O)(=O)c1ccccc1. The molecule has 0 saturated carbocycles. The van der Waals surface area contributed by atoms with Crippen molar-refractivity contribution >= 4 is 15.7 Å². The first-order valence-corrected chi connectivity index (χ1v) is 9.98. The van der Waals surface area contributed by atoms with Crippen molar-refractivity contribution in [2.24, 2.45) is 0 Å². The highest BCUT2D eigenvalue weighted by molar-refractivity contribution is 7.90. The summed E-state index contributed by atoms with van der Waals surface area (Å²) in [6, 6.07) is 15.5. The number of sulfone groups is 1. The molecule has 0 fully saturated rings. The molecular weight excluding hydrogens is 369 g/mol. The van der Waals surface area contributed by atoms with Crippen molar-refractivity contribution in [1.82, 2.24) is 5.32 Å². The minimum Gasteiger partial charge on any atom is -0.459 e. The number of benzene rings is 2. The van der Waals surface area contributed by atoms with Crippen LogP contribution in [0.15, 0.2) is 76.2 Å². The molecular formula is C20H18FNO4S. The maximum atomic E-state index is 12.9. The highest BCUT2D eigenvalue weighted by atomic mass is 32.2. The number of carbonyl (C=O) groups excluding carboxylic acids is 1. The average Bonchev–Trinajstić information content (AvgIpc) is 3.11. The fourth-order valence-electron chi connectivity index (χ4n) is 2.62. The molecule has 7 heteroatoms. The van der Waals surface area contributed by atoms with Gasteiger partial charge in [-0.05, 0) is 42.3 Å². The standard InChI is InChI=1S/C20H18FNO4S/c21-17-8-6-15(7-9-17)10-12-22-20(23)19-16(11-13-26-19)14-27(24,25)18-4-2-1-3-5-18/h1-9,11,13H,10,12,14H2,(H,22,23). The number of halogens is 1. The normalized spacial score (nSPS) is 11.3. The van der Waals surface area contributed by atoms with Crippen LogP contribution in [0, 0.1) is 5.82 Å². The molecule has 1 aromatic heterocycles. The third-order valence-corrected chi connectivity index (χ3v) is 5.69. The largest absolute Gasteiger partial charge is 0.459 e. The van der Waals surface area contributed by atoms with Gasteiger partial charge in [-0.15, -0.1) is 0 Å². The summed E-state index contributed by atoms with van der Waals surface area (Å²) in [5, 5.41) is 2.69. The first-order chi connectivity index (χ1) is 13.0. The van der Waals surface area contributed by atoms with Crippen LogP contribution in [-0.2, 0) is 22.0 Å². The van der Waals surface area contributed by atoms with E-state index in [0.717, 1.165) is 5.56 Å². The van der Waals surface area contributed by atoms with E-state index in [1.807, 2.05) is 0 Å². The Labute approximate surface area is 156 Å². The summed E-state index contributed by atoms with van der Waals surface area (Å²) in [4.78, 5) is 12.5. The Hall–Kier alpha value is -2.93. The van der Waals surface area contributed by atoms with Crippen molar-refractivity contribution in [2.45, 2.75) is 17.1 Å². The number of hydrogen-bond acceptors (Lipinski definition) is 4. The van der Waals surface area contributed by atoms with Gasteiger partial charge in [0.2, 0.25) is 0 Å². The predicted octanol–water partition coefficient (Wildman–Crippen LogP) is 3.37. The maximum Gasteiger partial charge on any atom is 0.287 e. The number of hydrogen-bond donors (Lipinski definition) is 1.